The molecule has 1 aromatic carbocycles. The third kappa shape index (κ3) is 3.43. The van der Waals surface area contributed by atoms with E-state index in [9.17, 15) is 4.79 Å². The van der Waals surface area contributed by atoms with Gasteiger partial charge in [-0.2, -0.15) is 0 Å². The van der Waals surface area contributed by atoms with Gasteiger partial charge >= 0.3 is 0 Å². The van der Waals surface area contributed by atoms with Crippen molar-refractivity contribution in [1.82, 2.24) is 5.32 Å². The van der Waals surface area contributed by atoms with Crippen LogP contribution in [0.1, 0.15) is 17.4 Å². The van der Waals surface area contributed by atoms with Crippen LogP contribution >= 0.6 is 23.1 Å². The summed E-state index contributed by atoms with van der Waals surface area (Å²) in [6, 6.07) is 12.0. The number of amides is 1. The monoisotopic (exact) mass is 314 g/mol. The molecule has 2 aromatic rings. The van der Waals surface area contributed by atoms with Gasteiger partial charge in [-0.05, 0) is 53.4 Å². The highest BCUT2D eigenvalue weighted by molar-refractivity contribution is 8.18. The minimum Gasteiger partial charge on any atom is -0.300 e. The smallest absolute Gasteiger partial charge is 0.264 e. The maximum absolute atomic E-state index is 11.9. The number of carbonyl (C=O) groups excluding carboxylic acids is 1. The zero-order valence-electron chi connectivity index (χ0n) is 11.5. The number of nitrogens with one attached hydrogen (secondary N) is 1. The molecule has 5 heteroatoms. The fourth-order valence-electron chi connectivity index (χ4n) is 1.91. The van der Waals surface area contributed by atoms with Gasteiger partial charge in [-0.15, -0.1) is 11.3 Å². The summed E-state index contributed by atoms with van der Waals surface area (Å²) in [4.78, 5) is 18.2. The molecule has 0 radical (unpaired) electrons. The maximum atomic E-state index is 11.9. The largest absolute Gasteiger partial charge is 0.300 e. The standard InChI is InChI=1S/C16H14N2OS2/c1-2-11-5-7-12(8-6-11)17-16-18-15(19)14(21-16)10-13-4-3-9-20-13/h3-10H,2H2,1H3,(H,17,18,19)/b14-10+. The van der Waals surface area contributed by atoms with E-state index in [1.807, 2.05) is 35.7 Å². The summed E-state index contributed by atoms with van der Waals surface area (Å²) in [5.41, 5.74) is 2.13. The molecule has 1 aromatic heterocycles. The first-order chi connectivity index (χ1) is 10.2. The van der Waals surface area contributed by atoms with Crippen molar-refractivity contribution in [2.75, 3.05) is 0 Å². The number of amidine groups is 1. The predicted octanol–water partition coefficient (Wildman–Crippen LogP) is 4.20. The van der Waals surface area contributed by atoms with Crippen LogP contribution in [0.4, 0.5) is 5.69 Å². The molecule has 3 rings (SSSR count). The molecule has 21 heavy (non-hydrogen) atoms. The minimum absolute atomic E-state index is 0.0858. The molecule has 0 saturated carbocycles. The molecule has 1 saturated heterocycles. The number of carbonyl (C=O) groups is 1. The number of thiophene rings is 1. The second kappa shape index (κ2) is 6.28. The molecule has 1 aliphatic heterocycles. The molecule has 0 atom stereocenters. The molecule has 1 N–H and O–H groups in total. The van der Waals surface area contributed by atoms with Crippen LogP contribution in [-0.4, -0.2) is 11.1 Å². The number of rotatable bonds is 3. The van der Waals surface area contributed by atoms with Crippen molar-refractivity contribution in [3.8, 4) is 0 Å². The molecule has 0 spiro atoms. The van der Waals surface area contributed by atoms with Crippen molar-refractivity contribution in [3.63, 3.8) is 0 Å². The maximum Gasteiger partial charge on any atom is 0.264 e. The van der Waals surface area contributed by atoms with Crippen molar-refractivity contribution in [2.45, 2.75) is 13.3 Å². The number of nitrogens with zero attached hydrogens (tertiary/aromatic N) is 1. The first kappa shape index (κ1) is 14.1. The molecule has 0 aliphatic carbocycles. The van der Waals surface area contributed by atoms with E-state index in [1.54, 1.807) is 11.3 Å². The highest BCUT2D eigenvalue weighted by Gasteiger charge is 2.23. The Kier molecular flexibility index (Phi) is 4.22. The quantitative estimate of drug-likeness (QED) is 0.863. The van der Waals surface area contributed by atoms with Crippen LogP contribution in [0, 0.1) is 0 Å². The first-order valence-electron chi connectivity index (χ1n) is 6.66. The van der Waals surface area contributed by atoms with Crippen molar-refractivity contribution in [3.05, 3.63) is 57.1 Å². The van der Waals surface area contributed by atoms with E-state index < -0.39 is 0 Å². The molecule has 2 heterocycles. The Balaban J connectivity index is 1.78. The average molecular weight is 314 g/mol. The van der Waals surface area contributed by atoms with Crippen molar-refractivity contribution in [1.29, 1.82) is 0 Å². The molecule has 0 unspecified atom stereocenters. The van der Waals surface area contributed by atoms with Gasteiger partial charge in [0.15, 0.2) is 5.17 Å². The lowest BCUT2D eigenvalue weighted by atomic mass is 10.2. The van der Waals surface area contributed by atoms with Gasteiger partial charge in [0, 0.05) is 4.88 Å². The van der Waals surface area contributed by atoms with Crippen LogP contribution in [0.2, 0.25) is 0 Å². The molecule has 0 bridgehead atoms. The zero-order valence-corrected chi connectivity index (χ0v) is 13.1. The number of aryl methyl sites for hydroxylation is 1. The van der Waals surface area contributed by atoms with Crippen LogP contribution in [0.3, 0.4) is 0 Å². The minimum atomic E-state index is -0.0858. The second-order valence-corrected chi connectivity index (χ2v) is 6.53. The fourth-order valence-corrected chi connectivity index (χ4v) is 3.47. The molecule has 106 valence electrons. The third-order valence-corrected chi connectivity index (χ3v) is 4.77. The first-order valence-corrected chi connectivity index (χ1v) is 8.36. The number of thioether (sulfide) groups is 1. The third-order valence-electron chi connectivity index (χ3n) is 3.04. The number of aliphatic imine (C=N–C) groups is 1. The van der Waals surface area contributed by atoms with E-state index in [0.717, 1.165) is 17.0 Å². The molecule has 1 amide bonds. The van der Waals surface area contributed by atoms with Crippen molar-refractivity contribution >= 4 is 45.9 Å². The Morgan fingerprint density at radius 2 is 2.05 bits per heavy atom. The Bertz CT molecular complexity index is 700. The molecule has 3 nitrogen and oxygen atoms in total. The summed E-state index contributed by atoms with van der Waals surface area (Å²) in [5, 5.41) is 5.43. The molecule has 1 aliphatic rings. The van der Waals surface area contributed by atoms with Gasteiger partial charge in [-0.3, -0.25) is 4.79 Å². The molecule has 1 fully saturated rings. The van der Waals surface area contributed by atoms with Gasteiger partial charge in [0.1, 0.15) is 0 Å². The highest BCUT2D eigenvalue weighted by atomic mass is 32.2. The zero-order chi connectivity index (χ0) is 14.7. The number of hydrogen-bond donors (Lipinski definition) is 1. The second-order valence-electron chi connectivity index (χ2n) is 4.52. The SMILES string of the molecule is CCc1ccc(N=C2NC(=O)/C(=C\c3cccs3)S2)cc1. The van der Waals surface area contributed by atoms with Gasteiger partial charge in [-0.25, -0.2) is 4.99 Å². The topological polar surface area (TPSA) is 41.5 Å². The van der Waals surface area contributed by atoms with Crippen LogP contribution < -0.4 is 5.32 Å². The summed E-state index contributed by atoms with van der Waals surface area (Å²) < 4.78 is 0. The van der Waals surface area contributed by atoms with Gasteiger partial charge in [0.05, 0.1) is 10.6 Å². The Labute approximate surface area is 131 Å². The fraction of sp³-hybridized carbons (Fsp3) is 0.125. The number of benzene rings is 1. The van der Waals surface area contributed by atoms with Gasteiger partial charge in [0.25, 0.3) is 5.91 Å². The van der Waals surface area contributed by atoms with Crippen LogP contribution in [-0.2, 0) is 11.2 Å². The van der Waals surface area contributed by atoms with E-state index in [4.69, 9.17) is 0 Å². The van der Waals surface area contributed by atoms with Crippen LogP contribution in [0.5, 0.6) is 0 Å². The molecular weight excluding hydrogens is 300 g/mol. The lowest BCUT2D eigenvalue weighted by molar-refractivity contribution is -0.115. The van der Waals surface area contributed by atoms with E-state index in [1.165, 1.54) is 17.3 Å². The van der Waals surface area contributed by atoms with E-state index in [-0.39, 0.29) is 5.91 Å². The normalized spacial score (nSPS) is 18.4. The summed E-state index contributed by atoms with van der Waals surface area (Å²) >= 11 is 2.99. The summed E-state index contributed by atoms with van der Waals surface area (Å²) in [5.74, 6) is -0.0858. The van der Waals surface area contributed by atoms with Crippen molar-refractivity contribution < 1.29 is 4.79 Å². The van der Waals surface area contributed by atoms with Gasteiger partial charge < -0.3 is 5.32 Å². The summed E-state index contributed by atoms with van der Waals surface area (Å²) in [6.07, 6.45) is 2.91. The Morgan fingerprint density at radius 3 is 2.71 bits per heavy atom. The van der Waals surface area contributed by atoms with Crippen LogP contribution in [0.15, 0.2) is 51.7 Å². The van der Waals surface area contributed by atoms with E-state index in [0.29, 0.717) is 10.1 Å². The molecular formula is C16H14N2OS2. The number of hydrogen-bond acceptors (Lipinski definition) is 4. The lowest BCUT2D eigenvalue weighted by Gasteiger charge is -1.98. The van der Waals surface area contributed by atoms with E-state index in [2.05, 4.69) is 29.4 Å². The highest BCUT2D eigenvalue weighted by Crippen LogP contribution is 2.29. The van der Waals surface area contributed by atoms with Crippen molar-refractivity contribution in [2.24, 2.45) is 4.99 Å². The average Bonchev–Trinajstić information content (AvgIpc) is 3.11. The summed E-state index contributed by atoms with van der Waals surface area (Å²) in [7, 11) is 0. The predicted molar refractivity (Wildman–Crippen MR) is 90.9 cm³/mol. The van der Waals surface area contributed by atoms with Gasteiger partial charge in [0.2, 0.25) is 0 Å². The van der Waals surface area contributed by atoms with Crippen LogP contribution in [0.25, 0.3) is 6.08 Å². The Hall–Kier alpha value is -1.85. The van der Waals surface area contributed by atoms with E-state index >= 15 is 0 Å². The summed E-state index contributed by atoms with van der Waals surface area (Å²) in [6.45, 7) is 2.12. The van der Waals surface area contributed by atoms with Gasteiger partial charge in [-0.1, -0.05) is 25.1 Å². The lowest BCUT2D eigenvalue weighted by Crippen LogP contribution is -2.19. The Morgan fingerprint density at radius 1 is 1.24 bits per heavy atom.